The Morgan fingerprint density at radius 2 is 1.42 bits per heavy atom. The van der Waals surface area contributed by atoms with Crippen LogP contribution in [0.3, 0.4) is 0 Å². The van der Waals surface area contributed by atoms with Crippen LogP contribution in [0.15, 0.2) is 24.8 Å². The molecule has 0 unspecified atom stereocenters. The van der Waals surface area contributed by atoms with E-state index in [9.17, 15) is 4.79 Å². The summed E-state index contributed by atoms with van der Waals surface area (Å²) in [5.74, 6) is 0. The number of carbonyl (C=O) groups is 3. The minimum Gasteiger partial charge on any atom is -0.304 e. The Morgan fingerprint density at radius 1 is 1.25 bits per heavy atom. The average molecular weight is 170 g/mol. The zero-order valence-electron chi connectivity index (χ0n) is 7.45. The molecule has 0 heterocycles. The molecule has 0 saturated carbocycles. The third-order valence-corrected chi connectivity index (χ3v) is 0.297. The highest BCUT2D eigenvalue weighted by molar-refractivity contribution is 5.70. The normalized spacial score (nSPS) is 5.50. The summed E-state index contributed by atoms with van der Waals surface area (Å²) >= 11 is 0. The minimum absolute atomic E-state index is 0.574. The molecule has 12 heavy (non-hydrogen) atoms. The van der Waals surface area contributed by atoms with Crippen molar-refractivity contribution in [2.45, 2.75) is 13.8 Å². The van der Waals surface area contributed by atoms with Gasteiger partial charge in [0.15, 0.2) is 0 Å². The molecule has 0 aromatic rings. The van der Waals surface area contributed by atoms with E-state index in [1.807, 2.05) is 0 Å². The standard InChI is InChI=1S/C4H6O.C3H4O.C2H4O/c1-4(2)3-5;1-2-3-4;1-2-3/h3H,1H2,2H3;2-3H,1H2;2H,1H3. The molecule has 0 saturated heterocycles. The van der Waals surface area contributed by atoms with Gasteiger partial charge in [-0.25, -0.2) is 0 Å². The van der Waals surface area contributed by atoms with Gasteiger partial charge >= 0.3 is 0 Å². The Bertz CT molecular complexity index is 142. The van der Waals surface area contributed by atoms with Gasteiger partial charge in [0.25, 0.3) is 0 Å². The summed E-state index contributed by atoms with van der Waals surface area (Å²) in [4.78, 5) is 27.3. The van der Waals surface area contributed by atoms with E-state index in [2.05, 4.69) is 13.2 Å². The molecule has 0 N–H and O–H groups in total. The van der Waals surface area contributed by atoms with Gasteiger partial charge < -0.3 is 4.79 Å². The molecule has 0 aromatic heterocycles. The van der Waals surface area contributed by atoms with Gasteiger partial charge in [0, 0.05) is 0 Å². The summed E-state index contributed by atoms with van der Waals surface area (Å²) in [5, 5.41) is 0. The summed E-state index contributed by atoms with van der Waals surface area (Å²) in [6.07, 6.45) is 3.31. The van der Waals surface area contributed by atoms with Crippen molar-refractivity contribution in [3.05, 3.63) is 24.8 Å². The molecule has 0 aliphatic rings. The van der Waals surface area contributed by atoms with E-state index in [-0.39, 0.29) is 0 Å². The van der Waals surface area contributed by atoms with Crippen LogP contribution < -0.4 is 0 Å². The monoisotopic (exact) mass is 170 g/mol. The van der Waals surface area contributed by atoms with Crippen LogP contribution in [0.5, 0.6) is 0 Å². The second-order valence-corrected chi connectivity index (χ2v) is 1.57. The predicted molar refractivity (Wildman–Crippen MR) is 48.9 cm³/mol. The molecule has 0 atom stereocenters. The first-order valence-corrected chi connectivity index (χ1v) is 3.17. The SMILES string of the molecule is C=C(C)C=O.C=CC=O.CC=O. The molecule has 0 fully saturated rings. The highest BCUT2D eigenvalue weighted by Crippen LogP contribution is 1.70. The van der Waals surface area contributed by atoms with Gasteiger partial charge in [-0.2, -0.15) is 0 Å². The lowest BCUT2D eigenvalue weighted by Gasteiger charge is -1.65. The third kappa shape index (κ3) is 215. The number of rotatable bonds is 2. The van der Waals surface area contributed by atoms with E-state index >= 15 is 0 Å². The molecule has 0 aliphatic carbocycles. The summed E-state index contributed by atoms with van der Waals surface area (Å²) in [5.41, 5.74) is 0.574. The zero-order valence-corrected chi connectivity index (χ0v) is 7.45. The fourth-order valence-electron chi connectivity index (χ4n) is 0. The minimum atomic E-state index is 0.574. The van der Waals surface area contributed by atoms with Crippen molar-refractivity contribution in [1.82, 2.24) is 0 Å². The molecule has 0 aromatic carbocycles. The van der Waals surface area contributed by atoms with Crippen LogP contribution in [0.2, 0.25) is 0 Å². The Labute approximate surface area is 72.8 Å². The lowest BCUT2D eigenvalue weighted by Crippen LogP contribution is -1.65. The second kappa shape index (κ2) is 22.7. The number of allylic oxidation sites excluding steroid dienone is 2. The highest BCUT2D eigenvalue weighted by atomic mass is 16.1. The van der Waals surface area contributed by atoms with Crippen LogP contribution in [-0.2, 0) is 14.4 Å². The van der Waals surface area contributed by atoms with Gasteiger partial charge in [0.2, 0.25) is 0 Å². The summed E-state index contributed by atoms with van der Waals surface area (Å²) < 4.78 is 0. The predicted octanol–water partition coefficient (Wildman–Crippen LogP) is 1.34. The Morgan fingerprint density at radius 3 is 1.42 bits per heavy atom. The van der Waals surface area contributed by atoms with Crippen molar-refractivity contribution in [1.29, 1.82) is 0 Å². The Balaban J connectivity index is -0.000000105. The number of aldehydes is 3. The topological polar surface area (TPSA) is 51.2 Å². The molecule has 0 rings (SSSR count). The lowest BCUT2D eigenvalue weighted by molar-refractivity contribution is -0.106. The molecule has 3 nitrogen and oxygen atoms in total. The maximum atomic E-state index is 9.41. The first-order chi connectivity index (χ1) is 5.60. The average Bonchev–Trinajstić information content (AvgIpc) is 2.06. The molecular weight excluding hydrogens is 156 g/mol. The quantitative estimate of drug-likeness (QED) is 0.464. The summed E-state index contributed by atoms with van der Waals surface area (Å²) in [7, 11) is 0. The van der Waals surface area contributed by atoms with Crippen molar-refractivity contribution >= 4 is 18.9 Å². The van der Waals surface area contributed by atoms with E-state index in [0.717, 1.165) is 12.6 Å². The van der Waals surface area contributed by atoms with Gasteiger partial charge in [0.1, 0.15) is 18.9 Å². The van der Waals surface area contributed by atoms with Crippen molar-refractivity contribution < 1.29 is 14.4 Å². The first kappa shape index (κ1) is 16.8. The van der Waals surface area contributed by atoms with Gasteiger partial charge in [-0.15, -0.1) is 0 Å². The fraction of sp³-hybridized carbons (Fsp3) is 0.222. The largest absolute Gasteiger partial charge is 0.304 e. The van der Waals surface area contributed by atoms with Gasteiger partial charge in [-0.1, -0.05) is 13.2 Å². The summed E-state index contributed by atoms with van der Waals surface area (Å²) in [6, 6.07) is 0. The molecular formula is C9H14O3. The van der Waals surface area contributed by atoms with Crippen LogP contribution >= 0.6 is 0 Å². The van der Waals surface area contributed by atoms with Crippen molar-refractivity contribution in [3.63, 3.8) is 0 Å². The van der Waals surface area contributed by atoms with Crippen LogP contribution in [0.25, 0.3) is 0 Å². The van der Waals surface area contributed by atoms with Gasteiger partial charge in [0.05, 0.1) is 0 Å². The number of hydrogen-bond donors (Lipinski definition) is 0. The van der Waals surface area contributed by atoms with Crippen molar-refractivity contribution in [2.75, 3.05) is 0 Å². The first-order valence-electron chi connectivity index (χ1n) is 3.17. The second-order valence-electron chi connectivity index (χ2n) is 1.57. The molecule has 3 heteroatoms. The van der Waals surface area contributed by atoms with E-state index in [4.69, 9.17) is 9.59 Å². The van der Waals surface area contributed by atoms with Crippen molar-refractivity contribution in [2.24, 2.45) is 0 Å². The number of hydrogen-bond acceptors (Lipinski definition) is 3. The zero-order chi connectivity index (χ0) is 10.4. The maximum Gasteiger partial charge on any atom is 0.145 e. The van der Waals surface area contributed by atoms with E-state index < -0.39 is 0 Å². The van der Waals surface area contributed by atoms with Gasteiger partial charge in [-0.3, -0.25) is 9.59 Å². The molecule has 0 amide bonds. The van der Waals surface area contributed by atoms with Gasteiger partial charge in [-0.05, 0) is 25.5 Å². The lowest BCUT2D eigenvalue weighted by atomic mass is 10.4. The molecule has 0 aliphatic heterocycles. The van der Waals surface area contributed by atoms with Crippen LogP contribution in [0.4, 0.5) is 0 Å². The molecule has 68 valence electrons. The molecule has 0 bridgehead atoms. The smallest absolute Gasteiger partial charge is 0.145 e. The van der Waals surface area contributed by atoms with E-state index in [0.29, 0.717) is 11.9 Å². The van der Waals surface area contributed by atoms with Crippen LogP contribution in [-0.4, -0.2) is 18.9 Å². The van der Waals surface area contributed by atoms with E-state index in [1.165, 1.54) is 13.0 Å². The Hall–Kier alpha value is -1.51. The molecule has 0 spiro atoms. The third-order valence-electron chi connectivity index (χ3n) is 0.297. The van der Waals surface area contributed by atoms with Crippen LogP contribution in [0, 0.1) is 0 Å². The van der Waals surface area contributed by atoms with Crippen LogP contribution in [0.1, 0.15) is 13.8 Å². The number of carbonyl (C=O) groups excluding carboxylic acids is 3. The van der Waals surface area contributed by atoms with Crippen molar-refractivity contribution in [3.8, 4) is 0 Å². The highest BCUT2D eigenvalue weighted by Gasteiger charge is 1.66. The van der Waals surface area contributed by atoms with E-state index in [1.54, 1.807) is 6.92 Å². The molecule has 0 radical (unpaired) electrons. The fourth-order valence-corrected chi connectivity index (χ4v) is 0. The maximum absolute atomic E-state index is 9.41. The Kier molecular flexibility index (Phi) is 31.8. The summed E-state index contributed by atoms with van der Waals surface area (Å²) in [6.45, 7) is 9.52.